The number of sulfonamides is 1. The van der Waals surface area contributed by atoms with Gasteiger partial charge in [0.05, 0.1) is 5.75 Å². The van der Waals surface area contributed by atoms with Crippen molar-refractivity contribution in [2.24, 2.45) is 0 Å². The Labute approximate surface area is 197 Å². The number of hydrogen-bond acceptors (Lipinski definition) is 6. The Balaban J connectivity index is 1.76. The van der Waals surface area contributed by atoms with Crippen molar-refractivity contribution < 1.29 is 26.7 Å². The van der Waals surface area contributed by atoms with E-state index in [9.17, 15) is 17.2 Å². The van der Waals surface area contributed by atoms with Crippen LogP contribution in [0.4, 0.5) is 14.5 Å². The molecule has 34 heavy (non-hydrogen) atoms. The molecule has 0 radical (unpaired) electrons. The summed E-state index contributed by atoms with van der Waals surface area (Å²) in [7, 11) is -3.52. The average Bonchev–Trinajstić information content (AvgIpc) is 3.29. The zero-order valence-corrected chi connectivity index (χ0v) is 19.6. The van der Waals surface area contributed by atoms with Crippen molar-refractivity contribution in [3.8, 4) is 28.5 Å². The fraction of sp³-hybridized carbons (Fsp3) is 0.292. The van der Waals surface area contributed by atoms with E-state index in [4.69, 9.17) is 9.47 Å². The van der Waals surface area contributed by atoms with Crippen LogP contribution in [0.3, 0.4) is 0 Å². The first kappa shape index (κ1) is 23.9. The minimum atomic E-state index is -3.52. The number of pyridine rings is 1. The van der Waals surface area contributed by atoms with E-state index in [2.05, 4.69) is 15.0 Å². The molecule has 0 spiro atoms. The summed E-state index contributed by atoms with van der Waals surface area (Å²) >= 11 is 0. The number of halogens is 2. The van der Waals surface area contributed by atoms with E-state index in [1.807, 2.05) is 6.92 Å². The number of aromatic nitrogens is 1. The van der Waals surface area contributed by atoms with Crippen molar-refractivity contribution in [3.05, 3.63) is 65.9 Å². The number of nitrogens with one attached hydrogen (secondary N) is 2. The number of aryl methyl sites for hydroxylation is 1. The third-order valence-corrected chi connectivity index (χ3v) is 6.60. The molecule has 0 unspecified atom stereocenters. The van der Waals surface area contributed by atoms with Gasteiger partial charge in [0.15, 0.2) is 11.6 Å². The Hall–Kier alpha value is -3.24. The number of benzene rings is 2. The highest BCUT2D eigenvalue weighted by Crippen LogP contribution is 2.38. The Morgan fingerprint density at radius 2 is 1.91 bits per heavy atom. The van der Waals surface area contributed by atoms with Crippen LogP contribution in [0.15, 0.2) is 48.5 Å². The largest absolute Gasteiger partial charge is 0.473 e. The summed E-state index contributed by atoms with van der Waals surface area (Å²) in [5, 5.41) is 3.23. The van der Waals surface area contributed by atoms with Crippen LogP contribution >= 0.6 is 0 Å². The second-order valence-electron chi connectivity index (χ2n) is 7.96. The number of anilines is 1. The van der Waals surface area contributed by atoms with Gasteiger partial charge in [-0.2, -0.15) is 0 Å². The van der Waals surface area contributed by atoms with Gasteiger partial charge in [-0.05, 0) is 68.8 Å². The Kier molecular flexibility index (Phi) is 6.99. The lowest BCUT2D eigenvalue weighted by atomic mass is 10.0. The second-order valence-corrected chi connectivity index (χ2v) is 9.97. The summed E-state index contributed by atoms with van der Waals surface area (Å²) in [5.41, 5.74) is 2.13. The van der Waals surface area contributed by atoms with Crippen molar-refractivity contribution >= 4 is 15.7 Å². The zero-order chi connectivity index (χ0) is 24.3. The average molecular weight is 490 g/mol. The number of ether oxygens (including phenoxy) is 2. The Morgan fingerprint density at radius 3 is 2.62 bits per heavy atom. The van der Waals surface area contributed by atoms with Crippen molar-refractivity contribution in [1.29, 1.82) is 0 Å². The first-order valence-electron chi connectivity index (χ1n) is 10.9. The van der Waals surface area contributed by atoms with Gasteiger partial charge in [0.1, 0.15) is 17.7 Å². The predicted molar refractivity (Wildman–Crippen MR) is 126 cm³/mol. The van der Waals surface area contributed by atoms with Gasteiger partial charge in [-0.3, -0.25) is 4.72 Å². The van der Waals surface area contributed by atoms with Crippen molar-refractivity contribution in [2.45, 2.75) is 26.4 Å². The van der Waals surface area contributed by atoms with Gasteiger partial charge in [0, 0.05) is 35.6 Å². The van der Waals surface area contributed by atoms with Crippen LogP contribution in [0.25, 0.3) is 11.1 Å². The summed E-state index contributed by atoms with van der Waals surface area (Å²) in [6.45, 7) is 4.93. The first-order valence-corrected chi connectivity index (χ1v) is 12.5. The van der Waals surface area contributed by atoms with Gasteiger partial charge in [-0.1, -0.05) is 0 Å². The topological polar surface area (TPSA) is 89.6 Å². The smallest absolute Gasteiger partial charge is 0.232 e. The van der Waals surface area contributed by atoms with Gasteiger partial charge in [-0.25, -0.2) is 22.2 Å². The molecule has 10 heteroatoms. The summed E-state index contributed by atoms with van der Waals surface area (Å²) in [4.78, 5) is 4.45. The molecule has 180 valence electrons. The lowest BCUT2D eigenvalue weighted by Crippen LogP contribution is -2.20. The monoisotopic (exact) mass is 489 g/mol. The zero-order valence-electron chi connectivity index (χ0n) is 18.8. The predicted octanol–water partition coefficient (Wildman–Crippen LogP) is 4.63. The molecule has 0 bridgehead atoms. The minimum Gasteiger partial charge on any atom is -0.473 e. The Bertz CT molecular complexity index is 1300. The third kappa shape index (κ3) is 5.81. The van der Waals surface area contributed by atoms with Gasteiger partial charge in [-0.15, -0.1) is 0 Å². The fourth-order valence-corrected chi connectivity index (χ4v) is 4.22. The standard InChI is InChI=1S/C24H25F2N3O4S/c1-3-34(30,31)29-18-5-7-22(33-23-6-4-17(25)12-21(23)26)20(13-18)16-10-15(2)28-24(11-16)32-19-8-9-27-14-19/h4-7,10-13,19,27,29H,3,8-9,14H2,1-2H3/t19-/m1/s1. The lowest BCUT2D eigenvalue weighted by molar-refractivity contribution is 0.214. The molecular weight excluding hydrogens is 464 g/mol. The van der Waals surface area contributed by atoms with Crippen molar-refractivity contribution in [2.75, 3.05) is 23.6 Å². The molecule has 1 aliphatic heterocycles. The molecule has 3 aromatic rings. The van der Waals surface area contributed by atoms with Crippen LogP contribution in [0, 0.1) is 18.6 Å². The van der Waals surface area contributed by atoms with Crippen LogP contribution in [-0.2, 0) is 10.0 Å². The van der Waals surface area contributed by atoms with Gasteiger partial charge >= 0.3 is 0 Å². The molecule has 1 aliphatic rings. The van der Waals surface area contributed by atoms with E-state index in [0.717, 1.165) is 31.6 Å². The summed E-state index contributed by atoms with van der Waals surface area (Å²) in [6, 6.07) is 11.2. The quantitative estimate of drug-likeness (QED) is 0.480. The van der Waals surface area contributed by atoms with Gasteiger partial charge < -0.3 is 14.8 Å². The van der Waals surface area contributed by atoms with E-state index in [1.165, 1.54) is 25.1 Å². The van der Waals surface area contributed by atoms with Gasteiger partial charge in [0.25, 0.3) is 0 Å². The van der Waals surface area contributed by atoms with Crippen molar-refractivity contribution in [1.82, 2.24) is 10.3 Å². The molecule has 1 saturated heterocycles. The normalized spacial score (nSPS) is 15.8. The fourth-order valence-electron chi connectivity index (χ4n) is 3.59. The van der Waals surface area contributed by atoms with E-state index in [-0.39, 0.29) is 23.4 Å². The highest BCUT2D eigenvalue weighted by Gasteiger charge is 2.19. The number of nitrogens with zero attached hydrogens (tertiary/aromatic N) is 1. The highest BCUT2D eigenvalue weighted by molar-refractivity contribution is 7.92. The molecule has 2 aromatic carbocycles. The summed E-state index contributed by atoms with van der Waals surface area (Å²) in [6.07, 6.45) is 0.853. The SMILES string of the molecule is CCS(=O)(=O)Nc1ccc(Oc2ccc(F)cc2F)c(-c2cc(C)nc(O[C@@H]3CCNC3)c2)c1. The molecule has 7 nitrogen and oxygen atoms in total. The molecule has 1 aromatic heterocycles. The second kappa shape index (κ2) is 9.94. The molecule has 0 saturated carbocycles. The first-order chi connectivity index (χ1) is 16.2. The van der Waals surface area contributed by atoms with E-state index in [0.29, 0.717) is 28.4 Å². The number of rotatable bonds is 8. The van der Waals surface area contributed by atoms with Crippen LogP contribution in [-0.4, -0.2) is 38.3 Å². The van der Waals surface area contributed by atoms with E-state index in [1.54, 1.807) is 18.2 Å². The molecule has 4 rings (SSSR count). The minimum absolute atomic E-state index is 0.00567. The van der Waals surface area contributed by atoms with Gasteiger partial charge in [0.2, 0.25) is 15.9 Å². The maximum absolute atomic E-state index is 14.3. The molecule has 2 heterocycles. The van der Waals surface area contributed by atoms with Crippen LogP contribution in [0.2, 0.25) is 0 Å². The van der Waals surface area contributed by atoms with Crippen LogP contribution in [0.1, 0.15) is 19.0 Å². The molecule has 0 aliphatic carbocycles. The summed E-state index contributed by atoms with van der Waals surface area (Å²) < 4.78 is 66.1. The maximum Gasteiger partial charge on any atom is 0.232 e. The summed E-state index contributed by atoms with van der Waals surface area (Å²) in [5.74, 6) is -1.16. The molecule has 0 amide bonds. The lowest BCUT2D eigenvalue weighted by Gasteiger charge is -2.17. The van der Waals surface area contributed by atoms with E-state index < -0.39 is 21.7 Å². The molecule has 1 atom stereocenters. The number of hydrogen-bond donors (Lipinski definition) is 2. The van der Waals surface area contributed by atoms with Crippen molar-refractivity contribution in [3.63, 3.8) is 0 Å². The molecular formula is C24H25F2N3O4S. The van der Waals surface area contributed by atoms with Crippen LogP contribution < -0.4 is 19.5 Å². The van der Waals surface area contributed by atoms with E-state index >= 15 is 0 Å². The third-order valence-electron chi connectivity index (χ3n) is 5.29. The Morgan fingerprint density at radius 1 is 1.12 bits per heavy atom. The highest BCUT2D eigenvalue weighted by atomic mass is 32.2. The molecule has 1 fully saturated rings. The molecule has 2 N–H and O–H groups in total. The van der Waals surface area contributed by atoms with Crippen LogP contribution in [0.5, 0.6) is 17.4 Å². The maximum atomic E-state index is 14.3.